The minimum absolute atomic E-state index is 0.0402. The lowest BCUT2D eigenvalue weighted by Gasteiger charge is -2.32. The Morgan fingerprint density at radius 3 is 2.61 bits per heavy atom. The number of amides is 1. The number of anilines is 2. The lowest BCUT2D eigenvalue weighted by atomic mass is 9.91. The van der Waals surface area contributed by atoms with Crippen LogP contribution in [0.4, 0.5) is 11.8 Å². The average molecular weight is 446 g/mol. The van der Waals surface area contributed by atoms with Crippen molar-refractivity contribution in [1.29, 1.82) is 0 Å². The SMILES string of the molecule is Cc1cc(C)nc(Nc2cc([C@@H]3CCCN(C(=O)/C=C/c4c(C)nn(C)c4C)C3)ccn2)n1. The molecule has 8 nitrogen and oxygen atoms in total. The van der Waals surface area contributed by atoms with Crippen molar-refractivity contribution in [3.05, 3.63) is 64.4 Å². The second-order valence-corrected chi connectivity index (χ2v) is 8.74. The Morgan fingerprint density at radius 2 is 1.91 bits per heavy atom. The van der Waals surface area contributed by atoms with Crippen LogP contribution in [0, 0.1) is 27.7 Å². The van der Waals surface area contributed by atoms with Crippen LogP contribution in [-0.4, -0.2) is 48.6 Å². The Morgan fingerprint density at radius 1 is 1.15 bits per heavy atom. The highest BCUT2D eigenvalue weighted by atomic mass is 16.2. The highest BCUT2D eigenvalue weighted by Crippen LogP contribution is 2.28. The van der Waals surface area contributed by atoms with Crippen LogP contribution >= 0.6 is 0 Å². The Labute approximate surface area is 194 Å². The number of rotatable bonds is 5. The van der Waals surface area contributed by atoms with E-state index in [0.717, 1.165) is 53.3 Å². The highest BCUT2D eigenvalue weighted by molar-refractivity contribution is 5.92. The largest absolute Gasteiger partial charge is 0.339 e. The second kappa shape index (κ2) is 9.52. The van der Waals surface area contributed by atoms with Crippen LogP contribution in [0.25, 0.3) is 6.08 Å². The minimum Gasteiger partial charge on any atom is -0.339 e. The summed E-state index contributed by atoms with van der Waals surface area (Å²) in [7, 11) is 1.92. The number of nitrogens with zero attached hydrogens (tertiary/aromatic N) is 6. The molecular formula is C25H31N7O. The second-order valence-electron chi connectivity index (χ2n) is 8.74. The van der Waals surface area contributed by atoms with Crippen molar-refractivity contribution < 1.29 is 4.79 Å². The third-order valence-electron chi connectivity index (χ3n) is 6.17. The molecule has 33 heavy (non-hydrogen) atoms. The van der Waals surface area contributed by atoms with Crippen molar-refractivity contribution in [2.75, 3.05) is 18.4 Å². The van der Waals surface area contributed by atoms with Crippen LogP contribution < -0.4 is 5.32 Å². The van der Waals surface area contributed by atoms with Crippen LogP contribution in [0.1, 0.15) is 52.7 Å². The van der Waals surface area contributed by atoms with Gasteiger partial charge < -0.3 is 10.2 Å². The summed E-state index contributed by atoms with van der Waals surface area (Å²) in [5, 5.41) is 7.64. The smallest absolute Gasteiger partial charge is 0.246 e. The lowest BCUT2D eigenvalue weighted by molar-refractivity contribution is -0.127. The zero-order chi connectivity index (χ0) is 23.5. The third-order valence-corrected chi connectivity index (χ3v) is 6.17. The number of carbonyl (C=O) groups excluding carboxylic acids is 1. The Bertz CT molecular complexity index is 1180. The molecule has 3 aromatic rings. The fraction of sp³-hybridized carbons (Fsp3) is 0.400. The molecule has 1 fully saturated rings. The first-order chi connectivity index (χ1) is 15.8. The molecule has 0 aliphatic carbocycles. The number of aryl methyl sites for hydroxylation is 4. The summed E-state index contributed by atoms with van der Waals surface area (Å²) >= 11 is 0. The first-order valence-corrected chi connectivity index (χ1v) is 11.3. The van der Waals surface area contributed by atoms with Crippen LogP contribution in [0.3, 0.4) is 0 Å². The van der Waals surface area contributed by atoms with Crippen LogP contribution in [-0.2, 0) is 11.8 Å². The quantitative estimate of drug-likeness (QED) is 0.597. The van der Waals surface area contributed by atoms with Crippen molar-refractivity contribution in [3.8, 4) is 0 Å². The van der Waals surface area contributed by atoms with Crippen molar-refractivity contribution in [2.24, 2.45) is 7.05 Å². The molecule has 8 heteroatoms. The van der Waals surface area contributed by atoms with E-state index >= 15 is 0 Å². The number of hydrogen-bond acceptors (Lipinski definition) is 6. The van der Waals surface area contributed by atoms with Crippen molar-refractivity contribution in [2.45, 2.75) is 46.5 Å². The fourth-order valence-electron chi connectivity index (χ4n) is 4.41. The molecule has 0 saturated carbocycles. The molecule has 0 aromatic carbocycles. The standard InChI is InChI=1S/C25H31N7O/c1-16-13-17(2)28-25(27-16)29-23-14-20(10-11-26-23)21-7-6-12-32(15-21)24(33)9-8-22-18(3)30-31(5)19(22)4/h8-11,13-14,21H,6-7,12,15H2,1-5H3,(H,26,27,28,29)/b9-8+/t21-/m1/s1. The molecule has 1 atom stereocenters. The summed E-state index contributed by atoms with van der Waals surface area (Å²) in [6, 6.07) is 6.01. The maximum Gasteiger partial charge on any atom is 0.246 e. The summed E-state index contributed by atoms with van der Waals surface area (Å²) in [5.74, 6) is 1.56. The van der Waals surface area contributed by atoms with Gasteiger partial charge in [-0.05, 0) is 70.4 Å². The van der Waals surface area contributed by atoms with Gasteiger partial charge in [0, 0.05) is 61.0 Å². The van der Waals surface area contributed by atoms with E-state index in [1.54, 1.807) is 12.3 Å². The zero-order valence-electron chi connectivity index (χ0n) is 20.0. The average Bonchev–Trinajstić information content (AvgIpc) is 3.02. The van der Waals surface area contributed by atoms with Crippen LogP contribution in [0.5, 0.6) is 0 Å². The van der Waals surface area contributed by atoms with Gasteiger partial charge in [-0.3, -0.25) is 9.48 Å². The molecule has 1 N–H and O–H groups in total. The molecule has 4 heterocycles. The Hall–Kier alpha value is -3.55. The molecule has 0 bridgehead atoms. The van der Waals surface area contributed by atoms with E-state index < -0.39 is 0 Å². The molecule has 1 aliphatic heterocycles. The predicted molar refractivity (Wildman–Crippen MR) is 129 cm³/mol. The summed E-state index contributed by atoms with van der Waals surface area (Å²) in [6.45, 7) is 9.34. The van der Waals surface area contributed by atoms with Crippen LogP contribution in [0.2, 0.25) is 0 Å². The summed E-state index contributed by atoms with van der Waals surface area (Å²) in [4.78, 5) is 28.2. The lowest BCUT2D eigenvalue weighted by Crippen LogP contribution is -2.38. The van der Waals surface area contributed by atoms with Gasteiger partial charge in [0.2, 0.25) is 11.9 Å². The first kappa shape index (κ1) is 22.6. The van der Waals surface area contributed by atoms with E-state index in [1.807, 2.05) is 68.6 Å². The number of hydrogen-bond donors (Lipinski definition) is 1. The van der Waals surface area contributed by atoms with E-state index in [-0.39, 0.29) is 11.8 Å². The third kappa shape index (κ3) is 5.27. The van der Waals surface area contributed by atoms with Crippen LogP contribution in [0.15, 0.2) is 30.5 Å². The Balaban J connectivity index is 1.45. The maximum atomic E-state index is 12.9. The van der Waals surface area contributed by atoms with E-state index in [4.69, 9.17) is 0 Å². The molecule has 4 rings (SSSR count). The van der Waals surface area contributed by atoms with Crippen molar-refractivity contribution >= 4 is 23.7 Å². The van der Waals surface area contributed by atoms with Gasteiger partial charge in [0.05, 0.1) is 5.69 Å². The number of nitrogens with one attached hydrogen (secondary N) is 1. The predicted octanol–water partition coefficient (Wildman–Crippen LogP) is 4.00. The van der Waals surface area contributed by atoms with Gasteiger partial charge in [0.15, 0.2) is 0 Å². The van der Waals surface area contributed by atoms with Crippen molar-refractivity contribution in [1.82, 2.24) is 29.6 Å². The van der Waals surface area contributed by atoms with E-state index in [1.165, 1.54) is 0 Å². The monoisotopic (exact) mass is 445 g/mol. The number of pyridine rings is 1. The first-order valence-electron chi connectivity index (χ1n) is 11.3. The molecule has 172 valence electrons. The minimum atomic E-state index is 0.0402. The Kier molecular flexibility index (Phi) is 6.53. The summed E-state index contributed by atoms with van der Waals surface area (Å²) in [5.41, 5.74) is 5.98. The fourth-order valence-corrected chi connectivity index (χ4v) is 4.41. The molecule has 1 amide bonds. The number of likely N-dealkylation sites (tertiary alicyclic amines) is 1. The molecule has 0 unspecified atom stereocenters. The molecular weight excluding hydrogens is 414 g/mol. The van der Waals surface area contributed by atoms with Gasteiger partial charge in [-0.25, -0.2) is 15.0 Å². The molecule has 0 spiro atoms. The van der Waals surface area contributed by atoms with E-state index in [9.17, 15) is 4.79 Å². The van der Waals surface area contributed by atoms with Gasteiger partial charge in [-0.15, -0.1) is 0 Å². The number of carbonyl (C=O) groups is 1. The highest BCUT2D eigenvalue weighted by Gasteiger charge is 2.24. The van der Waals surface area contributed by atoms with E-state index in [2.05, 4.69) is 25.4 Å². The molecule has 1 saturated heterocycles. The zero-order valence-corrected chi connectivity index (χ0v) is 20.0. The van der Waals surface area contributed by atoms with Gasteiger partial charge in [-0.1, -0.05) is 0 Å². The maximum absolute atomic E-state index is 12.9. The molecule has 1 aliphatic rings. The van der Waals surface area contributed by atoms with E-state index in [0.29, 0.717) is 18.3 Å². The summed E-state index contributed by atoms with van der Waals surface area (Å²) in [6.07, 6.45) is 7.38. The van der Waals surface area contributed by atoms with Crippen molar-refractivity contribution in [3.63, 3.8) is 0 Å². The van der Waals surface area contributed by atoms with Gasteiger partial charge >= 0.3 is 0 Å². The van der Waals surface area contributed by atoms with Gasteiger partial charge in [0.1, 0.15) is 5.82 Å². The number of aromatic nitrogens is 5. The number of piperidine rings is 1. The normalized spacial score (nSPS) is 16.4. The summed E-state index contributed by atoms with van der Waals surface area (Å²) < 4.78 is 1.84. The van der Waals surface area contributed by atoms with Gasteiger partial charge in [0.25, 0.3) is 0 Å². The topological polar surface area (TPSA) is 88.8 Å². The molecule has 0 radical (unpaired) electrons. The van der Waals surface area contributed by atoms with Gasteiger partial charge in [-0.2, -0.15) is 5.10 Å². The molecule has 3 aromatic heterocycles.